The van der Waals surface area contributed by atoms with Crippen LogP contribution < -0.4 is 4.74 Å². The lowest BCUT2D eigenvalue weighted by atomic mass is 10.0. The lowest BCUT2D eigenvalue weighted by Gasteiger charge is -2.19. The number of carboxylic acids is 1. The van der Waals surface area contributed by atoms with Crippen LogP contribution in [0.2, 0.25) is 0 Å². The fourth-order valence-electron chi connectivity index (χ4n) is 2.77. The minimum absolute atomic E-state index is 0.155. The van der Waals surface area contributed by atoms with Crippen LogP contribution in [0.1, 0.15) is 37.4 Å². The first-order valence-electron chi connectivity index (χ1n) is 7.56. The Hall–Kier alpha value is -2.82. The molecule has 0 aliphatic heterocycles. The van der Waals surface area contributed by atoms with Crippen LogP contribution in [0.5, 0.6) is 5.75 Å². The van der Waals surface area contributed by atoms with E-state index in [9.17, 15) is 9.59 Å². The average Bonchev–Trinajstić information content (AvgIpc) is 2.54. The van der Waals surface area contributed by atoms with E-state index in [2.05, 4.69) is 0 Å². The Labute approximate surface area is 141 Å². The Morgan fingerprint density at radius 3 is 2.00 bits per heavy atom. The van der Waals surface area contributed by atoms with Gasteiger partial charge in [-0.25, -0.2) is 4.79 Å². The number of carbonyl (C=O) groups excluding carboxylic acids is 1. The van der Waals surface area contributed by atoms with Crippen molar-refractivity contribution in [3.8, 4) is 5.75 Å². The van der Waals surface area contributed by atoms with Crippen molar-refractivity contribution in [3.05, 3.63) is 64.2 Å². The van der Waals surface area contributed by atoms with E-state index in [0.717, 1.165) is 22.4 Å². The number of carboxylic acid groups (broad SMARTS) is 1. The Balaban J connectivity index is 2.15. The van der Waals surface area contributed by atoms with Crippen molar-refractivity contribution in [1.82, 2.24) is 4.90 Å². The molecule has 0 heterocycles. The molecule has 0 radical (unpaired) electrons. The highest BCUT2D eigenvalue weighted by atomic mass is 16.5. The van der Waals surface area contributed by atoms with Gasteiger partial charge in [-0.2, -0.15) is 0 Å². The normalized spacial score (nSPS) is 10.3. The molecule has 1 N–H and O–H groups in total. The molecule has 0 fully saturated rings. The second-order valence-corrected chi connectivity index (χ2v) is 5.81. The van der Waals surface area contributed by atoms with Gasteiger partial charge in [0.25, 0.3) is 5.91 Å². The number of aromatic carboxylic acids is 1. The molecule has 2 aromatic rings. The smallest absolute Gasteiger partial charge is 0.335 e. The van der Waals surface area contributed by atoms with E-state index in [-0.39, 0.29) is 11.5 Å². The molecule has 0 bridgehead atoms. The standard InChI is InChI=1S/C19H21NO4/c1-12-9-14(10-13(2)17(12)24-4)11-20(3)18(21)15-5-7-16(8-6-15)19(22)23/h5-10H,11H2,1-4H3,(H,22,23). The van der Waals surface area contributed by atoms with E-state index in [1.165, 1.54) is 24.3 Å². The molecule has 24 heavy (non-hydrogen) atoms. The number of aryl methyl sites for hydroxylation is 2. The molecule has 0 atom stereocenters. The first-order valence-corrected chi connectivity index (χ1v) is 7.56. The summed E-state index contributed by atoms with van der Waals surface area (Å²) in [4.78, 5) is 25.0. The highest BCUT2D eigenvalue weighted by Crippen LogP contribution is 2.25. The number of benzene rings is 2. The topological polar surface area (TPSA) is 66.8 Å². The summed E-state index contributed by atoms with van der Waals surface area (Å²) in [6.45, 7) is 4.41. The lowest BCUT2D eigenvalue weighted by Crippen LogP contribution is -2.26. The Kier molecular flexibility index (Phi) is 5.24. The van der Waals surface area contributed by atoms with Crippen LogP contribution in [0.4, 0.5) is 0 Å². The minimum atomic E-state index is -1.01. The molecule has 126 valence electrons. The van der Waals surface area contributed by atoms with Gasteiger partial charge in [-0.15, -0.1) is 0 Å². The molecule has 0 aliphatic rings. The monoisotopic (exact) mass is 327 g/mol. The molecule has 0 spiro atoms. The molecule has 5 heteroatoms. The van der Waals surface area contributed by atoms with E-state index in [0.29, 0.717) is 12.1 Å². The quantitative estimate of drug-likeness (QED) is 0.915. The van der Waals surface area contributed by atoms with Crippen LogP contribution in [-0.4, -0.2) is 36.0 Å². The molecule has 1 amide bonds. The Bertz CT molecular complexity index is 742. The van der Waals surface area contributed by atoms with Crippen LogP contribution in [0.15, 0.2) is 36.4 Å². The largest absolute Gasteiger partial charge is 0.496 e. The zero-order valence-electron chi connectivity index (χ0n) is 14.3. The summed E-state index contributed by atoms with van der Waals surface area (Å²) >= 11 is 0. The molecule has 0 saturated carbocycles. The maximum absolute atomic E-state index is 12.5. The maximum atomic E-state index is 12.5. The molecule has 0 unspecified atom stereocenters. The second kappa shape index (κ2) is 7.17. The van der Waals surface area contributed by atoms with E-state index >= 15 is 0 Å². The molecular weight excluding hydrogens is 306 g/mol. The number of carbonyl (C=O) groups is 2. The lowest BCUT2D eigenvalue weighted by molar-refractivity contribution is 0.0695. The summed E-state index contributed by atoms with van der Waals surface area (Å²) in [5, 5.41) is 8.91. The van der Waals surface area contributed by atoms with Gasteiger partial charge >= 0.3 is 5.97 Å². The van der Waals surface area contributed by atoms with Gasteiger partial charge in [0.2, 0.25) is 0 Å². The number of nitrogens with zero attached hydrogens (tertiary/aromatic N) is 1. The molecular formula is C19H21NO4. The third-order valence-corrected chi connectivity index (χ3v) is 3.87. The van der Waals surface area contributed by atoms with Gasteiger partial charge in [0.1, 0.15) is 5.75 Å². The third-order valence-electron chi connectivity index (χ3n) is 3.87. The van der Waals surface area contributed by atoms with E-state index < -0.39 is 5.97 Å². The molecule has 5 nitrogen and oxygen atoms in total. The van der Waals surface area contributed by atoms with Gasteiger partial charge in [-0.1, -0.05) is 12.1 Å². The van der Waals surface area contributed by atoms with E-state index in [1.807, 2.05) is 26.0 Å². The first-order chi connectivity index (χ1) is 11.3. The van der Waals surface area contributed by atoms with Gasteiger partial charge < -0.3 is 14.7 Å². The summed E-state index contributed by atoms with van der Waals surface area (Å²) in [5.74, 6) is -0.304. The molecule has 0 aromatic heterocycles. The van der Waals surface area contributed by atoms with Crippen molar-refractivity contribution >= 4 is 11.9 Å². The van der Waals surface area contributed by atoms with Crippen LogP contribution in [0, 0.1) is 13.8 Å². The summed E-state index contributed by atoms with van der Waals surface area (Å²) < 4.78 is 5.35. The van der Waals surface area contributed by atoms with Gasteiger partial charge in [-0.05, 0) is 54.8 Å². The van der Waals surface area contributed by atoms with E-state index in [4.69, 9.17) is 9.84 Å². The summed E-state index contributed by atoms with van der Waals surface area (Å²) in [5.41, 5.74) is 3.70. The summed E-state index contributed by atoms with van der Waals surface area (Å²) in [6.07, 6.45) is 0. The number of amides is 1. The predicted octanol–water partition coefficient (Wildman–Crippen LogP) is 3.28. The van der Waals surface area contributed by atoms with Gasteiger partial charge in [0, 0.05) is 19.2 Å². The van der Waals surface area contributed by atoms with Crippen molar-refractivity contribution in [2.45, 2.75) is 20.4 Å². The maximum Gasteiger partial charge on any atom is 0.335 e. The number of rotatable bonds is 5. The van der Waals surface area contributed by atoms with Crippen molar-refractivity contribution in [2.75, 3.05) is 14.2 Å². The minimum Gasteiger partial charge on any atom is -0.496 e. The molecule has 2 rings (SSSR count). The van der Waals surface area contributed by atoms with Crippen LogP contribution >= 0.6 is 0 Å². The number of ether oxygens (including phenoxy) is 1. The number of methoxy groups -OCH3 is 1. The van der Waals surface area contributed by atoms with Crippen LogP contribution in [-0.2, 0) is 6.54 Å². The fourth-order valence-corrected chi connectivity index (χ4v) is 2.77. The fraction of sp³-hybridized carbons (Fsp3) is 0.263. The van der Waals surface area contributed by atoms with E-state index in [1.54, 1.807) is 19.1 Å². The molecule has 2 aromatic carbocycles. The Morgan fingerprint density at radius 2 is 1.54 bits per heavy atom. The zero-order chi connectivity index (χ0) is 17.9. The highest BCUT2D eigenvalue weighted by Gasteiger charge is 2.14. The third kappa shape index (κ3) is 3.74. The summed E-state index contributed by atoms with van der Waals surface area (Å²) in [6, 6.07) is 9.95. The molecule has 0 saturated heterocycles. The van der Waals surface area contributed by atoms with Gasteiger partial charge in [-0.3, -0.25) is 4.79 Å². The second-order valence-electron chi connectivity index (χ2n) is 5.81. The van der Waals surface area contributed by atoms with Crippen molar-refractivity contribution < 1.29 is 19.4 Å². The van der Waals surface area contributed by atoms with Crippen molar-refractivity contribution in [3.63, 3.8) is 0 Å². The predicted molar refractivity (Wildman–Crippen MR) is 91.7 cm³/mol. The van der Waals surface area contributed by atoms with Gasteiger partial charge in [0.05, 0.1) is 12.7 Å². The van der Waals surface area contributed by atoms with Crippen LogP contribution in [0.3, 0.4) is 0 Å². The Morgan fingerprint density at radius 1 is 1.04 bits per heavy atom. The van der Waals surface area contributed by atoms with Crippen LogP contribution in [0.25, 0.3) is 0 Å². The van der Waals surface area contributed by atoms with Crippen molar-refractivity contribution in [1.29, 1.82) is 0 Å². The molecule has 0 aliphatic carbocycles. The number of hydrogen-bond acceptors (Lipinski definition) is 3. The average molecular weight is 327 g/mol. The summed E-state index contributed by atoms with van der Waals surface area (Å²) in [7, 11) is 3.37. The van der Waals surface area contributed by atoms with Gasteiger partial charge in [0.15, 0.2) is 0 Å². The first kappa shape index (κ1) is 17.5. The highest BCUT2D eigenvalue weighted by molar-refractivity contribution is 5.95. The SMILES string of the molecule is COc1c(C)cc(CN(C)C(=O)c2ccc(C(=O)O)cc2)cc1C. The zero-order valence-corrected chi connectivity index (χ0v) is 14.3. The number of hydrogen-bond donors (Lipinski definition) is 1. The van der Waals surface area contributed by atoms with Crippen molar-refractivity contribution in [2.24, 2.45) is 0 Å².